The average molecular weight is 253 g/mol. The monoisotopic (exact) mass is 252 g/mol. The fraction of sp³-hybridized carbons (Fsp3) is 0.500. The van der Waals surface area contributed by atoms with E-state index in [-0.39, 0.29) is 16.5 Å². The maximum atomic E-state index is 2.32. The van der Waals surface area contributed by atoms with Gasteiger partial charge in [-0.15, -0.1) is 7.92 Å². The van der Waals surface area contributed by atoms with Crippen LogP contribution in [0.5, 0.6) is 0 Å². The van der Waals surface area contributed by atoms with Gasteiger partial charge in [0.15, 0.2) is 0 Å². The molecule has 0 fully saturated rings. The van der Waals surface area contributed by atoms with Crippen LogP contribution in [-0.2, 0) is 22.9 Å². The summed E-state index contributed by atoms with van der Waals surface area (Å²) in [6, 6.07) is 10.8. The molecule has 0 spiro atoms. The molecule has 14 heavy (non-hydrogen) atoms. The Kier molecular flexibility index (Phi) is 8.54. The molecule has 1 aromatic carbocycles. The van der Waals surface area contributed by atoms with E-state index in [1.54, 1.807) is 0 Å². The van der Waals surface area contributed by atoms with Gasteiger partial charge in [-0.1, -0.05) is 44.2 Å². The first-order valence-corrected chi connectivity index (χ1v) is 7.02. The second kappa shape index (κ2) is 8.45. The quantitative estimate of drug-likeness (QED) is 0.553. The Hall–Kier alpha value is 0.144. The second-order valence-corrected chi connectivity index (χ2v) is 6.32. The van der Waals surface area contributed by atoms with Crippen LogP contribution in [0.4, 0.5) is 0 Å². The molecule has 0 heterocycles. The largest absolute Gasteiger partial charge is 0.107 e. The summed E-state index contributed by atoms with van der Waals surface area (Å²) < 4.78 is 0. The van der Waals surface area contributed by atoms with E-state index in [9.17, 15) is 0 Å². The molecule has 0 aromatic heterocycles. The van der Waals surface area contributed by atoms with Crippen molar-refractivity contribution in [3.8, 4) is 0 Å². The molecule has 0 amide bonds. The van der Waals surface area contributed by atoms with Crippen molar-refractivity contribution in [2.45, 2.75) is 20.3 Å². The third-order valence-corrected chi connectivity index (χ3v) is 5.10. The number of aryl methyl sites for hydroxylation is 1. The van der Waals surface area contributed by atoms with Crippen molar-refractivity contribution in [1.29, 1.82) is 0 Å². The summed E-state index contributed by atoms with van der Waals surface area (Å²) in [7, 11) is 0.320. The van der Waals surface area contributed by atoms with Gasteiger partial charge in [-0.2, -0.15) is 0 Å². The number of hydrogen-bond acceptors (Lipinski definition) is 0. The molecule has 0 saturated heterocycles. The number of rotatable bonds is 5. The van der Waals surface area contributed by atoms with Crippen LogP contribution < -0.4 is 0 Å². The fourth-order valence-corrected chi connectivity index (χ4v) is 3.13. The van der Waals surface area contributed by atoms with Crippen LogP contribution >= 0.6 is 7.92 Å². The van der Waals surface area contributed by atoms with Crippen LogP contribution in [-0.4, -0.2) is 18.5 Å². The van der Waals surface area contributed by atoms with Crippen molar-refractivity contribution in [1.82, 2.24) is 0 Å². The Balaban J connectivity index is 0.00000169. The van der Waals surface area contributed by atoms with E-state index >= 15 is 0 Å². The molecule has 0 aliphatic heterocycles. The molecule has 0 radical (unpaired) electrons. The van der Waals surface area contributed by atoms with E-state index in [1.807, 2.05) is 0 Å². The number of benzene rings is 1. The minimum absolute atomic E-state index is 0. The summed E-state index contributed by atoms with van der Waals surface area (Å²) in [6.07, 6.45) is 5.46. The molecule has 0 atom stereocenters. The zero-order valence-electron chi connectivity index (χ0n) is 8.98. The molecule has 0 N–H and O–H groups in total. The zero-order valence-corrected chi connectivity index (χ0v) is 10.9. The molecule has 0 saturated carbocycles. The van der Waals surface area contributed by atoms with Crippen molar-refractivity contribution in [2.75, 3.05) is 18.5 Å². The summed E-state index contributed by atoms with van der Waals surface area (Å²) in [6.45, 7) is 4.64. The van der Waals surface area contributed by atoms with Gasteiger partial charge in [0, 0.05) is 16.5 Å². The minimum atomic E-state index is 0. The zero-order chi connectivity index (χ0) is 9.52. The van der Waals surface area contributed by atoms with Crippen molar-refractivity contribution < 1.29 is 16.5 Å². The molecular weight excluding hydrogens is 234 g/mol. The van der Waals surface area contributed by atoms with E-state index in [1.165, 1.54) is 30.5 Å². The van der Waals surface area contributed by atoms with Gasteiger partial charge in [-0.05, 0) is 30.5 Å². The predicted octanol–water partition coefficient (Wildman–Crippen LogP) is 3.75. The molecule has 1 rings (SSSR count). The first-order valence-electron chi connectivity index (χ1n) is 5.13. The third-order valence-electron chi connectivity index (χ3n) is 2.45. The standard InChI is InChI=1S/C12H19P.Ni/c1-3-13(4-2)11-10-12-8-6-5-7-9-12;/h5-9H,3-4,10-11H2,1-2H3;. The molecule has 1 aromatic rings. The van der Waals surface area contributed by atoms with Gasteiger partial charge in [0.05, 0.1) is 0 Å². The first-order chi connectivity index (χ1) is 6.36. The predicted molar refractivity (Wildman–Crippen MR) is 63.0 cm³/mol. The van der Waals surface area contributed by atoms with Gasteiger partial charge in [0.1, 0.15) is 0 Å². The van der Waals surface area contributed by atoms with Gasteiger partial charge >= 0.3 is 0 Å². The van der Waals surface area contributed by atoms with Gasteiger partial charge in [-0.25, -0.2) is 0 Å². The van der Waals surface area contributed by atoms with Crippen LogP contribution in [0.2, 0.25) is 0 Å². The minimum Gasteiger partial charge on any atom is -0.107 e. The molecule has 0 aliphatic carbocycles. The molecule has 0 bridgehead atoms. The van der Waals surface area contributed by atoms with Crippen LogP contribution in [0, 0.1) is 0 Å². The summed E-state index contributed by atoms with van der Waals surface area (Å²) in [5.74, 6) is 0. The first kappa shape index (κ1) is 14.1. The van der Waals surface area contributed by atoms with E-state index in [2.05, 4.69) is 44.2 Å². The van der Waals surface area contributed by atoms with E-state index in [0.717, 1.165) is 0 Å². The molecule has 82 valence electrons. The van der Waals surface area contributed by atoms with E-state index < -0.39 is 0 Å². The van der Waals surface area contributed by atoms with Crippen molar-refractivity contribution in [2.24, 2.45) is 0 Å². The van der Waals surface area contributed by atoms with Gasteiger partial charge in [-0.3, -0.25) is 0 Å². The van der Waals surface area contributed by atoms with Crippen LogP contribution in [0.15, 0.2) is 30.3 Å². The Labute approximate surface area is 99.2 Å². The molecule has 0 aliphatic rings. The van der Waals surface area contributed by atoms with Gasteiger partial charge in [0.2, 0.25) is 0 Å². The van der Waals surface area contributed by atoms with Gasteiger partial charge in [0.25, 0.3) is 0 Å². The fourth-order valence-electron chi connectivity index (χ4n) is 1.47. The molecule has 2 heteroatoms. The molecule has 0 unspecified atom stereocenters. The van der Waals surface area contributed by atoms with Crippen LogP contribution in [0.1, 0.15) is 19.4 Å². The van der Waals surface area contributed by atoms with Gasteiger partial charge < -0.3 is 0 Å². The number of hydrogen-bond donors (Lipinski definition) is 0. The maximum absolute atomic E-state index is 2.32. The summed E-state index contributed by atoms with van der Waals surface area (Å²) in [5.41, 5.74) is 1.50. The Morgan fingerprint density at radius 2 is 1.57 bits per heavy atom. The van der Waals surface area contributed by atoms with E-state index in [0.29, 0.717) is 7.92 Å². The normalized spacial score (nSPS) is 9.93. The SMILES string of the molecule is CCP(CC)CCc1ccccc1.[Ni]. The van der Waals surface area contributed by atoms with E-state index in [4.69, 9.17) is 0 Å². The molecule has 0 nitrogen and oxygen atoms in total. The Bertz CT molecular complexity index is 219. The topological polar surface area (TPSA) is 0 Å². The average Bonchev–Trinajstić information content (AvgIpc) is 2.21. The van der Waals surface area contributed by atoms with Crippen molar-refractivity contribution >= 4 is 7.92 Å². The second-order valence-electron chi connectivity index (χ2n) is 3.26. The third kappa shape index (κ3) is 5.13. The summed E-state index contributed by atoms with van der Waals surface area (Å²) in [5, 5.41) is 0. The van der Waals surface area contributed by atoms with Crippen LogP contribution in [0.25, 0.3) is 0 Å². The Morgan fingerprint density at radius 1 is 1.00 bits per heavy atom. The van der Waals surface area contributed by atoms with Crippen molar-refractivity contribution in [3.63, 3.8) is 0 Å². The summed E-state index contributed by atoms with van der Waals surface area (Å²) >= 11 is 0. The van der Waals surface area contributed by atoms with Crippen molar-refractivity contribution in [3.05, 3.63) is 35.9 Å². The maximum Gasteiger partial charge on any atom is 0 e. The smallest absolute Gasteiger partial charge is 0 e. The van der Waals surface area contributed by atoms with Crippen LogP contribution in [0.3, 0.4) is 0 Å². The summed E-state index contributed by atoms with van der Waals surface area (Å²) in [4.78, 5) is 0. The Morgan fingerprint density at radius 3 is 2.07 bits per heavy atom. The molecular formula is C12H19NiP.